The molecule has 1 saturated carbocycles. The number of rotatable bonds is 4. The molecule has 0 bridgehead atoms. The molecule has 1 aliphatic heterocycles. The number of nitrogens with two attached hydrogens (primary N) is 1. The summed E-state index contributed by atoms with van der Waals surface area (Å²) in [6.07, 6.45) is 4.89. The molecule has 2 atom stereocenters. The molecule has 3 rings (SSSR count). The van der Waals surface area contributed by atoms with E-state index in [-0.39, 0.29) is 0 Å². The molecule has 94 valence electrons. The molecule has 2 unspecified atom stereocenters. The van der Waals surface area contributed by atoms with Gasteiger partial charge in [-0.05, 0) is 25.7 Å². The van der Waals surface area contributed by atoms with Gasteiger partial charge in [0, 0.05) is 18.6 Å². The highest BCUT2D eigenvalue weighted by Crippen LogP contribution is 2.40. The Morgan fingerprint density at radius 1 is 1.35 bits per heavy atom. The second-order valence-corrected chi connectivity index (χ2v) is 4.99. The lowest BCUT2D eigenvalue weighted by molar-refractivity contribution is 0.0988. The van der Waals surface area contributed by atoms with Crippen LogP contribution in [0.4, 0.5) is 0 Å². The van der Waals surface area contributed by atoms with Gasteiger partial charge in [-0.1, -0.05) is 6.92 Å². The third-order valence-electron chi connectivity index (χ3n) is 3.83. The van der Waals surface area contributed by atoms with Crippen molar-refractivity contribution < 1.29 is 4.74 Å². The summed E-state index contributed by atoms with van der Waals surface area (Å²) in [5, 5.41) is 8.62. The Bertz CT molecular complexity index is 399. The molecule has 0 aromatic carbocycles. The molecule has 2 heterocycles. The van der Waals surface area contributed by atoms with E-state index in [1.54, 1.807) is 0 Å². The summed E-state index contributed by atoms with van der Waals surface area (Å²) >= 11 is 0. The topological polar surface area (TPSA) is 66.0 Å². The van der Waals surface area contributed by atoms with Crippen molar-refractivity contribution in [1.29, 1.82) is 0 Å². The summed E-state index contributed by atoms with van der Waals surface area (Å²) in [7, 11) is 0. The number of hydrogen-bond acceptors (Lipinski definition) is 4. The van der Waals surface area contributed by atoms with Gasteiger partial charge in [-0.15, -0.1) is 10.2 Å². The smallest absolute Gasteiger partial charge is 0.147 e. The lowest BCUT2D eigenvalue weighted by Crippen LogP contribution is -2.18. The van der Waals surface area contributed by atoms with Crippen LogP contribution in [-0.4, -0.2) is 27.5 Å². The summed E-state index contributed by atoms with van der Waals surface area (Å²) in [5.74, 6) is 2.45. The van der Waals surface area contributed by atoms with Crippen LogP contribution in [0.1, 0.15) is 56.2 Å². The van der Waals surface area contributed by atoms with Crippen LogP contribution in [0, 0.1) is 0 Å². The summed E-state index contributed by atoms with van der Waals surface area (Å²) in [5.41, 5.74) is 5.74. The molecule has 5 heteroatoms. The first kappa shape index (κ1) is 11.2. The fourth-order valence-corrected chi connectivity index (χ4v) is 2.81. The number of ether oxygens (including phenoxy) is 1. The lowest BCUT2D eigenvalue weighted by atomic mass is 9.98. The normalized spacial score (nSPS) is 28.8. The Hall–Kier alpha value is -0.940. The molecule has 17 heavy (non-hydrogen) atoms. The Morgan fingerprint density at radius 3 is 2.82 bits per heavy atom. The van der Waals surface area contributed by atoms with Crippen LogP contribution in [0.3, 0.4) is 0 Å². The zero-order chi connectivity index (χ0) is 11.8. The van der Waals surface area contributed by atoms with Gasteiger partial charge in [0.25, 0.3) is 0 Å². The van der Waals surface area contributed by atoms with Crippen molar-refractivity contribution in [3.8, 4) is 0 Å². The van der Waals surface area contributed by atoms with E-state index < -0.39 is 0 Å². The van der Waals surface area contributed by atoms with Crippen molar-refractivity contribution in [1.82, 2.24) is 14.8 Å². The summed E-state index contributed by atoms with van der Waals surface area (Å²) in [6, 6.07) is 0.594. The van der Waals surface area contributed by atoms with Gasteiger partial charge in [-0.2, -0.15) is 0 Å². The molecule has 2 N–H and O–H groups in total. The highest BCUT2D eigenvalue weighted by Gasteiger charge is 2.36. The van der Waals surface area contributed by atoms with E-state index >= 15 is 0 Å². The van der Waals surface area contributed by atoms with Crippen molar-refractivity contribution in [3.05, 3.63) is 11.6 Å². The van der Waals surface area contributed by atoms with E-state index in [9.17, 15) is 0 Å². The fourth-order valence-electron chi connectivity index (χ4n) is 2.81. The molecule has 0 spiro atoms. The van der Waals surface area contributed by atoms with Gasteiger partial charge in [-0.3, -0.25) is 0 Å². The molecular weight excluding hydrogens is 216 g/mol. The fraction of sp³-hybridized carbons (Fsp3) is 0.833. The highest BCUT2D eigenvalue weighted by molar-refractivity contribution is 5.10. The minimum absolute atomic E-state index is 0.308. The zero-order valence-corrected chi connectivity index (χ0v) is 10.3. The van der Waals surface area contributed by atoms with Crippen LogP contribution in [-0.2, 0) is 11.3 Å². The summed E-state index contributed by atoms with van der Waals surface area (Å²) in [6.45, 7) is 3.50. The van der Waals surface area contributed by atoms with Gasteiger partial charge < -0.3 is 15.0 Å². The van der Waals surface area contributed by atoms with Crippen LogP contribution in [0.2, 0.25) is 0 Å². The molecule has 1 aromatic heterocycles. The van der Waals surface area contributed by atoms with Crippen molar-refractivity contribution in [3.63, 3.8) is 0 Å². The SMILES string of the molecule is CCC1OCCC1c1nnc(CN)n1C1CC1. The monoisotopic (exact) mass is 236 g/mol. The third-order valence-corrected chi connectivity index (χ3v) is 3.83. The van der Waals surface area contributed by atoms with Crippen LogP contribution >= 0.6 is 0 Å². The molecule has 1 aliphatic carbocycles. The van der Waals surface area contributed by atoms with Crippen LogP contribution in [0.5, 0.6) is 0 Å². The van der Waals surface area contributed by atoms with Crippen molar-refractivity contribution in [2.45, 2.75) is 57.2 Å². The molecule has 2 aliphatic rings. The van der Waals surface area contributed by atoms with E-state index in [0.29, 0.717) is 24.6 Å². The molecule has 0 amide bonds. The minimum Gasteiger partial charge on any atom is -0.377 e. The Labute approximate surface area is 101 Å². The zero-order valence-electron chi connectivity index (χ0n) is 10.3. The van der Waals surface area contributed by atoms with E-state index in [4.69, 9.17) is 10.5 Å². The Morgan fingerprint density at radius 2 is 2.18 bits per heavy atom. The summed E-state index contributed by atoms with van der Waals surface area (Å²) in [4.78, 5) is 0. The van der Waals surface area contributed by atoms with Gasteiger partial charge in [0.15, 0.2) is 0 Å². The lowest BCUT2D eigenvalue weighted by Gasteiger charge is -2.17. The first-order valence-corrected chi connectivity index (χ1v) is 6.60. The van der Waals surface area contributed by atoms with Gasteiger partial charge in [0.1, 0.15) is 11.6 Å². The first-order valence-electron chi connectivity index (χ1n) is 6.60. The van der Waals surface area contributed by atoms with Gasteiger partial charge >= 0.3 is 0 Å². The van der Waals surface area contributed by atoms with Crippen molar-refractivity contribution in [2.75, 3.05) is 6.61 Å². The first-order chi connectivity index (χ1) is 8.35. The van der Waals surface area contributed by atoms with Gasteiger partial charge in [0.2, 0.25) is 0 Å². The predicted octanol–water partition coefficient (Wildman–Crippen LogP) is 1.35. The number of nitrogens with zero attached hydrogens (tertiary/aromatic N) is 3. The van der Waals surface area contributed by atoms with E-state index in [1.165, 1.54) is 12.8 Å². The van der Waals surface area contributed by atoms with E-state index in [2.05, 4.69) is 21.7 Å². The Balaban J connectivity index is 1.93. The largest absolute Gasteiger partial charge is 0.377 e. The second-order valence-electron chi connectivity index (χ2n) is 4.99. The average Bonchev–Trinajstić information content (AvgIpc) is 2.94. The number of hydrogen-bond donors (Lipinski definition) is 1. The average molecular weight is 236 g/mol. The maximum Gasteiger partial charge on any atom is 0.147 e. The quantitative estimate of drug-likeness (QED) is 0.857. The molecule has 5 nitrogen and oxygen atoms in total. The molecule has 1 saturated heterocycles. The highest BCUT2D eigenvalue weighted by atomic mass is 16.5. The molecule has 0 radical (unpaired) electrons. The van der Waals surface area contributed by atoms with E-state index in [0.717, 1.165) is 31.1 Å². The Kier molecular flexibility index (Phi) is 2.88. The standard InChI is InChI=1S/C12H20N4O/c1-2-10-9(5-6-17-10)12-15-14-11(7-13)16(12)8-3-4-8/h8-10H,2-7,13H2,1H3. The van der Waals surface area contributed by atoms with Crippen LogP contribution in [0.15, 0.2) is 0 Å². The maximum absolute atomic E-state index is 5.75. The minimum atomic E-state index is 0.308. The second kappa shape index (κ2) is 4.38. The summed E-state index contributed by atoms with van der Waals surface area (Å²) < 4.78 is 8.03. The molecule has 2 fully saturated rings. The number of aromatic nitrogens is 3. The molecular formula is C12H20N4O. The van der Waals surface area contributed by atoms with Crippen LogP contribution in [0.25, 0.3) is 0 Å². The van der Waals surface area contributed by atoms with Gasteiger partial charge in [-0.25, -0.2) is 0 Å². The van der Waals surface area contributed by atoms with Crippen molar-refractivity contribution >= 4 is 0 Å². The third kappa shape index (κ3) is 1.87. The van der Waals surface area contributed by atoms with Crippen molar-refractivity contribution in [2.24, 2.45) is 5.73 Å². The molecule has 1 aromatic rings. The van der Waals surface area contributed by atoms with Crippen LogP contribution < -0.4 is 5.73 Å². The van der Waals surface area contributed by atoms with Gasteiger partial charge in [0.05, 0.1) is 12.6 Å². The predicted molar refractivity (Wildman–Crippen MR) is 63.6 cm³/mol. The van der Waals surface area contributed by atoms with E-state index in [1.807, 2.05) is 0 Å². The maximum atomic E-state index is 5.75.